The van der Waals surface area contributed by atoms with Crippen molar-refractivity contribution in [3.05, 3.63) is 12.7 Å². The zero-order valence-electron chi connectivity index (χ0n) is 8.24. The number of rotatable bonds is 3. The molecular weight excluding hydrogens is 182 g/mol. The third kappa shape index (κ3) is 3.38. The molecule has 1 fully saturated rings. The van der Waals surface area contributed by atoms with Crippen LogP contribution in [0.4, 0.5) is 4.79 Å². The normalized spacial score (nSPS) is 26.6. The van der Waals surface area contributed by atoms with Gasteiger partial charge in [-0.3, -0.25) is 0 Å². The van der Waals surface area contributed by atoms with Gasteiger partial charge < -0.3 is 15.2 Å². The summed E-state index contributed by atoms with van der Waals surface area (Å²) in [6.45, 7) is 3.64. The largest absolute Gasteiger partial charge is 0.445 e. The van der Waals surface area contributed by atoms with Crippen molar-refractivity contribution in [2.75, 3.05) is 6.61 Å². The first-order chi connectivity index (χ1) is 6.74. The maximum atomic E-state index is 11.1. The Morgan fingerprint density at radius 1 is 1.57 bits per heavy atom. The second kappa shape index (κ2) is 5.65. The zero-order valence-corrected chi connectivity index (χ0v) is 8.24. The van der Waals surface area contributed by atoms with Crippen molar-refractivity contribution < 1.29 is 14.6 Å². The fourth-order valence-corrected chi connectivity index (χ4v) is 1.61. The molecule has 0 aromatic rings. The molecule has 80 valence electrons. The zero-order chi connectivity index (χ0) is 10.4. The Morgan fingerprint density at radius 2 is 2.29 bits per heavy atom. The van der Waals surface area contributed by atoms with Gasteiger partial charge in [-0.2, -0.15) is 0 Å². The average molecular weight is 199 g/mol. The van der Waals surface area contributed by atoms with E-state index in [1.807, 2.05) is 0 Å². The van der Waals surface area contributed by atoms with Gasteiger partial charge in [0.25, 0.3) is 0 Å². The first-order valence-corrected chi connectivity index (χ1v) is 4.96. The number of aliphatic hydroxyl groups is 1. The van der Waals surface area contributed by atoms with Gasteiger partial charge in [-0.1, -0.05) is 25.5 Å². The number of ether oxygens (including phenoxy) is 1. The lowest BCUT2D eigenvalue weighted by Gasteiger charge is -2.27. The van der Waals surface area contributed by atoms with E-state index >= 15 is 0 Å². The van der Waals surface area contributed by atoms with E-state index in [2.05, 4.69) is 11.9 Å². The lowest BCUT2D eigenvalue weighted by molar-refractivity contribution is 0.0823. The number of nitrogens with one attached hydrogen (secondary N) is 1. The minimum Gasteiger partial charge on any atom is -0.445 e. The van der Waals surface area contributed by atoms with Crippen molar-refractivity contribution in [2.45, 2.75) is 37.8 Å². The molecule has 0 aromatic heterocycles. The summed E-state index contributed by atoms with van der Waals surface area (Å²) in [7, 11) is 0. The maximum absolute atomic E-state index is 11.1. The summed E-state index contributed by atoms with van der Waals surface area (Å²) in [5.74, 6) is 0. The van der Waals surface area contributed by atoms with Crippen LogP contribution in [-0.2, 0) is 4.74 Å². The number of carbonyl (C=O) groups is 1. The Hall–Kier alpha value is -1.03. The molecule has 1 rings (SSSR count). The Bertz CT molecular complexity index is 206. The van der Waals surface area contributed by atoms with Gasteiger partial charge in [0.05, 0.1) is 12.1 Å². The molecule has 4 heteroatoms. The summed E-state index contributed by atoms with van der Waals surface area (Å²) in [4.78, 5) is 11.1. The first kappa shape index (κ1) is 11.0. The van der Waals surface area contributed by atoms with Crippen molar-refractivity contribution >= 4 is 6.09 Å². The van der Waals surface area contributed by atoms with Crippen LogP contribution in [-0.4, -0.2) is 30.0 Å². The van der Waals surface area contributed by atoms with Gasteiger partial charge in [0, 0.05) is 0 Å². The summed E-state index contributed by atoms with van der Waals surface area (Å²) in [5.41, 5.74) is 0. The van der Waals surface area contributed by atoms with Crippen molar-refractivity contribution in [3.63, 3.8) is 0 Å². The van der Waals surface area contributed by atoms with E-state index in [0.29, 0.717) is 0 Å². The maximum Gasteiger partial charge on any atom is 0.407 e. The fourth-order valence-electron chi connectivity index (χ4n) is 1.61. The van der Waals surface area contributed by atoms with Crippen LogP contribution in [0.25, 0.3) is 0 Å². The summed E-state index contributed by atoms with van der Waals surface area (Å²) in [6.07, 6.45) is 4.26. The highest BCUT2D eigenvalue weighted by atomic mass is 16.5. The molecule has 14 heavy (non-hydrogen) atoms. The van der Waals surface area contributed by atoms with Crippen LogP contribution in [0.3, 0.4) is 0 Å². The van der Waals surface area contributed by atoms with Crippen LogP contribution in [0.15, 0.2) is 12.7 Å². The molecule has 1 amide bonds. The van der Waals surface area contributed by atoms with Crippen LogP contribution in [0.2, 0.25) is 0 Å². The van der Waals surface area contributed by atoms with Crippen LogP contribution in [0.1, 0.15) is 25.7 Å². The van der Waals surface area contributed by atoms with Gasteiger partial charge in [-0.05, 0) is 12.8 Å². The predicted octanol–water partition coefficient (Wildman–Crippen LogP) is 1.20. The molecule has 1 aliphatic rings. The van der Waals surface area contributed by atoms with E-state index in [0.717, 1.165) is 25.7 Å². The summed E-state index contributed by atoms with van der Waals surface area (Å²) in [5, 5.41) is 12.2. The Kier molecular flexibility index (Phi) is 4.46. The van der Waals surface area contributed by atoms with Gasteiger partial charge in [-0.15, -0.1) is 0 Å². The quantitative estimate of drug-likeness (QED) is 0.671. The molecule has 0 saturated heterocycles. The lowest BCUT2D eigenvalue weighted by Crippen LogP contribution is -2.45. The van der Waals surface area contributed by atoms with E-state index in [4.69, 9.17) is 4.74 Å². The van der Waals surface area contributed by atoms with Crippen LogP contribution in [0.5, 0.6) is 0 Å². The highest BCUT2D eigenvalue weighted by Crippen LogP contribution is 2.18. The van der Waals surface area contributed by atoms with Gasteiger partial charge in [0.1, 0.15) is 6.61 Å². The van der Waals surface area contributed by atoms with Crippen molar-refractivity contribution in [1.82, 2.24) is 5.32 Å². The van der Waals surface area contributed by atoms with Crippen LogP contribution in [0, 0.1) is 0 Å². The summed E-state index contributed by atoms with van der Waals surface area (Å²) >= 11 is 0. The first-order valence-electron chi connectivity index (χ1n) is 4.96. The van der Waals surface area contributed by atoms with Gasteiger partial charge in [0.2, 0.25) is 0 Å². The lowest BCUT2D eigenvalue weighted by atomic mass is 9.93. The van der Waals surface area contributed by atoms with Crippen LogP contribution < -0.4 is 5.32 Å². The molecule has 1 saturated carbocycles. The van der Waals surface area contributed by atoms with E-state index in [-0.39, 0.29) is 12.6 Å². The monoisotopic (exact) mass is 199 g/mol. The Morgan fingerprint density at radius 3 is 2.93 bits per heavy atom. The number of alkyl carbamates (subject to hydrolysis) is 1. The van der Waals surface area contributed by atoms with Crippen molar-refractivity contribution in [3.8, 4) is 0 Å². The molecule has 0 heterocycles. The SMILES string of the molecule is C=CCOC(=O)N[C@H]1CCCC[C@@H]1O. The van der Waals surface area contributed by atoms with Gasteiger partial charge in [0.15, 0.2) is 0 Å². The van der Waals surface area contributed by atoms with Gasteiger partial charge >= 0.3 is 6.09 Å². The highest BCUT2D eigenvalue weighted by Gasteiger charge is 2.24. The average Bonchev–Trinajstić information content (AvgIpc) is 2.18. The summed E-state index contributed by atoms with van der Waals surface area (Å²) < 4.78 is 4.76. The standard InChI is InChI=1S/C10H17NO3/c1-2-7-14-10(13)11-8-5-3-4-6-9(8)12/h2,8-9,12H,1,3-7H2,(H,11,13)/t8-,9-/m0/s1. The second-order valence-corrected chi connectivity index (χ2v) is 3.49. The van der Waals surface area contributed by atoms with Crippen molar-refractivity contribution in [1.29, 1.82) is 0 Å². The minimum atomic E-state index is -0.476. The molecule has 4 nitrogen and oxygen atoms in total. The number of aliphatic hydroxyl groups excluding tert-OH is 1. The topological polar surface area (TPSA) is 58.6 Å². The second-order valence-electron chi connectivity index (χ2n) is 3.49. The minimum absolute atomic E-state index is 0.152. The van der Waals surface area contributed by atoms with Crippen LogP contribution >= 0.6 is 0 Å². The van der Waals surface area contributed by atoms with Crippen molar-refractivity contribution in [2.24, 2.45) is 0 Å². The molecule has 0 unspecified atom stereocenters. The number of hydrogen-bond donors (Lipinski definition) is 2. The smallest absolute Gasteiger partial charge is 0.407 e. The number of hydrogen-bond acceptors (Lipinski definition) is 3. The summed E-state index contributed by atoms with van der Waals surface area (Å²) in [6, 6.07) is -0.152. The van der Waals surface area contributed by atoms with E-state index in [9.17, 15) is 9.90 Å². The van der Waals surface area contributed by atoms with E-state index in [1.165, 1.54) is 6.08 Å². The highest BCUT2D eigenvalue weighted by molar-refractivity contribution is 5.67. The molecule has 0 aromatic carbocycles. The molecule has 0 aliphatic heterocycles. The number of amides is 1. The predicted molar refractivity (Wildman–Crippen MR) is 52.9 cm³/mol. The van der Waals surface area contributed by atoms with Gasteiger partial charge in [-0.25, -0.2) is 4.79 Å². The third-order valence-corrected chi connectivity index (χ3v) is 2.37. The molecule has 2 N–H and O–H groups in total. The number of carbonyl (C=O) groups excluding carboxylic acids is 1. The van der Waals surface area contributed by atoms with E-state index < -0.39 is 12.2 Å². The fraction of sp³-hybridized carbons (Fsp3) is 0.700. The molecule has 0 radical (unpaired) electrons. The van der Waals surface area contributed by atoms with E-state index in [1.54, 1.807) is 0 Å². The molecule has 0 bridgehead atoms. The molecule has 1 aliphatic carbocycles. The molecular formula is C10H17NO3. The third-order valence-electron chi connectivity index (χ3n) is 2.37. The molecule has 0 spiro atoms. The Labute approximate surface area is 83.9 Å². The Balaban J connectivity index is 2.27. The molecule has 2 atom stereocenters.